The number of phenols is 1. The van der Waals surface area contributed by atoms with Crippen molar-refractivity contribution in [1.82, 2.24) is 9.78 Å². The van der Waals surface area contributed by atoms with Crippen molar-refractivity contribution in [1.29, 1.82) is 0 Å². The van der Waals surface area contributed by atoms with Crippen molar-refractivity contribution in [3.8, 4) is 11.4 Å². The smallest absolute Gasteiger partial charge is 0.433 e. The summed E-state index contributed by atoms with van der Waals surface area (Å²) in [5, 5.41) is 13.6. The quantitative estimate of drug-likeness (QED) is 0.910. The Labute approximate surface area is 113 Å². The lowest BCUT2D eigenvalue weighted by molar-refractivity contribution is -0.143. The summed E-state index contributed by atoms with van der Waals surface area (Å²) in [6.45, 7) is 1.59. The molecular weight excluding hydrogens is 271 g/mol. The number of alkyl halides is 3. The van der Waals surface area contributed by atoms with Crippen molar-refractivity contribution in [3.63, 3.8) is 0 Å². The molecule has 0 atom stereocenters. The Balaban J connectivity index is 2.71. The highest BCUT2D eigenvalue weighted by Crippen LogP contribution is 2.36. The van der Waals surface area contributed by atoms with Crippen LogP contribution in [0.2, 0.25) is 0 Å². The molecule has 0 radical (unpaired) electrons. The van der Waals surface area contributed by atoms with Crippen molar-refractivity contribution < 1.29 is 18.3 Å². The monoisotopic (exact) mass is 285 g/mol. The summed E-state index contributed by atoms with van der Waals surface area (Å²) in [7, 11) is 0. The third-order valence-electron chi connectivity index (χ3n) is 2.96. The van der Waals surface area contributed by atoms with Crippen LogP contribution in [0.5, 0.6) is 5.75 Å². The Morgan fingerprint density at radius 2 is 1.95 bits per heavy atom. The van der Waals surface area contributed by atoms with Crippen LogP contribution >= 0.6 is 0 Å². The van der Waals surface area contributed by atoms with Gasteiger partial charge in [0.05, 0.1) is 5.69 Å². The van der Waals surface area contributed by atoms with Crippen molar-refractivity contribution in [2.75, 3.05) is 6.54 Å². The summed E-state index contributed by atoms with van der Waals surface area (Å²) in [6.07, 6.45) is -4.50. The summed E-state index contributed by atoms with van der Waals surface area (Å²) in [5.41, 5.74) is 4.78. The molecule has 0 unspecified atom stereocenters. The summed E-state index contributed by atoms with van der Waals surface area (Å²) in [5.74, 6) is -0.264. The maximum Gasteiger partial charge on any atom is 0.433 e. The summed E-state index contributed by atoms with van der Waals surface area (Å²) in [6, 6.07) is 5.76. The Morgan fingerprint density at radius 1 is 1.30 bits per heavy atom. The number of rotatable bonds is 3. The Morgan fingerprint density at radius 3 is 2.50 bits per heavy atom. The van der Waals surface area contributed by atoms with Gasteiger partial charge in [0, 0.05) is 5.56 Å². The fourth-order valence-corrected chi connectivity index (χ4v) is 2.11. The van der Waals surface area contributed by atoms with Gasteiger partial charge in [0.15, 0.2) is 5.69 Å². The maximum absolute atomic E-state index is 13.3. The third-order valence-corrected chi connectivity index (χ3v) is 2.96. The number of halogens is 3. The van der Waals surface area contributed by atoms with E-state index >= 15 is 0 Å². The second-order valence-corrected chi connectivity index (χ2v) is 4.35. The molecule has 108 valence electrons. The molecule has 1 aromatic heterocycles. The topological polar surface area (TPSA) is 64.1 Å². The van der Waals surface area contributed by atoms with E-state index in [1.54, 1.807) is 0 Å². The molecule has 1 heterocycles. The molecule has 0 bridgehead atoms. The number of benzene rings is 1. The summed E-state index contributed by atoms with van der Waals surface area (Å²) < 4.78 is 40.6. The van der Waals surface area contributed by atoms with Crippen LogP contribution in [0.1, 0.15) is 17.0 Å². The molecule has 2 rings (SSSR count). The zero-order valence-electron chi connectivity index (χ0n) is 10.8. The zero-order valence-corrected chi connectivity index (χ0v) is 10.8. The van der Waals surface area contributed by atoms with E-state index in [9.17, 15) is 18.3 Å². The van der Waals surface area contributed by atoms with Gasteiger partial charge in [-0.2, -0.15) is 18.3 Å². The molecule has 0 amide bonds. The van der Waals surface area contributed by atoms with Crippen LogP contribution in [-0.4, -0.2) is 21.4 Å². The number of aromatic nitrogens is 2. The molecule has 0 saturated heterocycles. The van der Waals surface area contributed by atoms with Gasteiger partial charge in [0.1, 0.15) is 11.4 Å². The van der Waals surface area contributed by atoms with Crippen molar-refractivity contribution in [2.45, 2.75) is 19.5 Å². The van der Waals surface area contributed by atoms with Crippen LogP contribution in [-0.2, 0) is 12.6 Å². The molecule has 7 heteroatoms. The minimum Gasteiger partial charge on any atom is -0.506 e. The van der Waals surface area contributed by atoms with E-state index in [1.165, 1.54) is 31.2 Å². The zero-order chi connectivity index (χ0) is 14.9. The maximum atomic E-state index is 13.3. The first kappa shape index (κ1) is 14.4. The molecule has 2 aromatic rings. The standard InChI is InChI=1S/C13H14F3N3O/c1-8-9(6-7-17)12(13(14,15)16)19(18-8)10-4-2-3-5-11(10)20/h2-5,20H,6-7,17H2,1H3. The average Bonchev–Trinajstić information content (AvgIpc) is 2.67. The normalized spacial score (nSPS) is 11.8. The first-order valence-corrected chi connectivity index (χ1v) is 6.00. The number of para-hydroxylation sites is 2. The first-order chi connectivity index (χ1) is 9.36. The molecular formula is C13H14F3N3O. The number of nitrogens with two attached hydrogens (primary N) is 1. The van der Waals surface area contributed by atoms with E-state index in [1.807, 2.05) is 0 Å². The molecule has 0 fully saturated rings. The van der Waals surface area contributed by atoms with Gasteiger partial charge in [0.2, 0.25) is 0 Å². The first-order valence-electron chi connectivity index (χ1n) is 6.00. The fraction of sp³-hybridized carbons (Fsp3) is 0.308. The predicted octanol–water partition coefficient (Wildman–Crippen LogP) is 2.41. The largest absolute Gasteiger partial charge is 0.506 e. The van der Waals surface area contributed by atoms with Gasteiger partial charge in [-0.15, -0.1) is 0 Å². The number of nitrogens with zero attached hydrogens (tertiary/aromatic N) is 2. The highest BCUT2D eigenvalue weighted by Gasteiger charge is 2.39. The molecule has 0 spiro atoms. The van der Waals surface area contributed by atoms with Crippen molar-refractivity contribution >= 4 is 0 Å². The predicted molar refractivity (Wildman–Crippen MR) is 67.7 cm³/mol. The molecule has 3 N–H and O–H groups in total. The number of aryl methyl sites for hydroxylation is 1. The molecule has 20 heavy (non-hydrogen) atoms. The number of aromatic hydroxyl groups is 1. The summed E-state index contributed by atoms with van der Waals surface area (Å²) >= 11 is 0. The van der Waals surface area contributed by atoms with Gasteiger partial charge < -0.3 is 10.8 Å². The molecule has 4 nitrogen and oxygen atoms in total. The Kier molecular flexibility index (Phi) is 3.71. The lowest BCUT2D eigenvalue weighted by atomic mass is 10.1. The SMILES string of the molecule is Cc1nn(-c2ccccc2O)c(C(F)(F)F)c1CCN. The number of hydrogen-bond acceptors (Lipinski definition) is 3. The van der Waals surface area contributed by atoms with Crippen LogP contribution in [0, 0.1) is 6.92 Å². The molecule has 0 saturated carbocycles. The van der Waals surface area contributed by atoms with Gasteiger partial charge in [0.25, 0.3) is 0 Å². The second-order valence-electron chi connectivity index (χ2n) is 4.35. The fourth-order valence-electron chi connectivity index (χ4n) is 2.11. The van der Waals surface area contributed by atoms with Gasteiger partial charge in [-0.05, 0) is 32.0 Å². The number of hydrogen-bond donors (Lipinski definition) is 2. The van der Waals surface area contributed by atoms with Crippen LogP contribution in [0.4, 0.5) is 13.2 Å². The van der Waals surface area contributed by atoms with Crippen LogP contribution in [0.3, 0.4) is 0 Å². The van der Waals surface area contributed by atoms with Crippen LogP contribution in [0.25, 0.3) is 5.69 Å². The molecule has 1 aromatic carbocycles. The lowest BCUT2D eigenvalue weighted by Gasteiger charge is -2.13. The van der Waals surface area contributed by atoms with Gasteiger partial charge in [-0.1, -0.05) is 12.1 Å². The Hall–Kier alpha value is -2.02. The number of phenolic OH excluding ortho intramolecular Hbond substituents is 1. The van der Waals surface area contributed by atoms with E-state index in [0.717, 1.165) is 4.68 Å². The van der Waals surface area contributed by atoms with Crippen molar-refractivity contribution in [3.05, 3.63) is 41.2 Å². The van der Waals surface area contributed by atoms with Crippen LogP contribution < -0.4 is 5.73 Å². The highest BCUT2D eigenvalue weighted by atomic mass is 19.4. The Bertz CT molecular complexity index is 620. The molecule has 0 aliphatic rings. The second kappa shape index (κ2) is 5.16. The minimum absolute atomic E-state index is 0.00815. The van der Waals surface area contributed by atoms with Crippen molar-refractivity contribution in [2.24, 2.45) is 5.73 Å². The lowest BCUT2D eigenvalue weighted by Crippen LogP contribution is -2.17. The van der Waals surface area contributed by atoms with Gasteiger partial charge in [-0.3, -0.25) is 0 Å². The van der Waals surface area contributed by atoms with E-state index in [0.29, 0.717) is 0 Å². The van der Waals surface area contributed by atoms with E-state index < -0.39 is 11.9 Å². The minimum atomic E-state index is -4.58. The highest BCUT2D eigenvalue weighted by molar-refractivity contribution is 5.48. The third kappa shape index (κ3) is 2.49. The molecule has 0 aliphatic carbocycles. The van der Waals surface area contributed by atoms with Crippen LogP contribution in [0.15, 0.2) is 24.3 Å². The van der Waals surface area contributed by atoms with E-state index in [2.05, 4.69) is 5.10 Å². The summed E-state index contributed by atoms with van der Waals surface area (Å²) in [4.78, 5) is 0. The van der Waals surface area contributed by atoms with Gasteiger partial charge in [-0.25, -0.2) is 4.68 Å². The molecule has 0 aliphatic heterocycles. The average molecular weight is 285 g/mol. The van der Waals surface area contributed by atoms with E-state index in [4.69, 9.17) is 5.73 Å². The van der Waals surface area contributed by atoms with Gasteiger partial charge >= 0.3 is 6.18 Å². The van der Waals surface area contributed by atoms with E-state index in [-0.39, 0.29) is 35.7 Å².